The standard InChI is InChI=1S/C12H25NO2/c14-10-3-2-8-13-9-5-7-12-6-1-4-11-15-12/h12-14H,1-11H2. The van der Waals surface area contributed by atoms with Gasteiger partial charge in [0.15, 0.2) is 0 Å². The van der Waals surface area contributed by atoms with E-state index >= 15 is 0 Å². The molecule has 1 rings (SSSR count). The number of nitrogens with one attached hydrogen (secondary N) is 1. The van der Waals surface area contributed by atoms with Crippen molar-refractivity contribution < 1.29 is 9.84 Å². The van der Waals surface area contributed by atoms with E-state index in [-0.39, 0.29) is 0 Å². The van der Waals surface area contributed by atoms with Crippen LogP contribution in [0.2, 0.25) is 0 Å². The van der Waals surface area contributed by atoms with Crippen molar-refractivity contribution in [3.8, 4) is 0 Å². The van der Waals surface area contributed by atoms with Gasteiger partial charge >= 0.3 is 0 Å². The topological polar surface area (TPSA) is 41.5 Å². The maximum atomic E-state index is 8.59. The van der Waals surface area contributed by atoms with E-state index in [4.69, 9.17) is 9.84 Å². The van der Waals surface area contributed by atoms with Crippen LogP contribution in [-0.4, -0.2) is 37.5 Å². The monoisotopic (exact) mass is 215 g/mol. The highest BCUT2D eigenvalue weighted by atomic mass is 16.5. The fraction of sp³-hybridized carbons (Fsp3) is 1.00. The first-order chi connectivity index (χ1) is 7.43. The molecule has 1 unspecified atom stereocenters. The van der Waals surface area contributed by atoms with Crippen LogP contribution in [0, 0.1) is 0 Å². The first-order valence-corrected chi connectivity index (χ1v) is 6.36. The minimum absolute atomic E-state index is 0.317. The van der Waals surface area contributed by atoms with Gasteiger partial charge < -0.3 is 15.2 Å². The lowest BCUT2D eigenvalue weighted by atomic mass is 10.0. The Labute approximate surface area is 93.2 Å². The van der Waals surface area contributed by atoms with Crippen LogP contribution in [0.4, 0.5) is 0 Å². The van der Waals surface area contributed by atoms with Crippen molar-refractivity contribution in [2.75, 3.05) is 26.3 Å². The van der Waals surface area contributed by atoms with Gasteiger partial charge in [-0.2, -0.15) is 0 Å². The molecule has 1 aliphatic heterocycles. The van der Waals surface area contributed by atoms with Gasteiger partial charge in [-0.15, -0.1) is 0 Å². The maximum Gasteiger partial charge on any atom is 0.0575 e. The third-order valence-corrected chi connectivity index (χ3v) is 2.92. The molecule has 0 saturated carbocycles. The first-order valence-electron chi connectivity index (χ1n) is 6.36. The molecular weight excluding hydrogens is 190 g/mol. The van der Waals surface area contributed by atoms with Gasteiger partial charge in [0.05, 0.1) is 6.10 Å². The second-order valence-electron chi connectivity index (χ2n) is 4.31. The van der Waals surface area contributed by atoms with E-state index < -0.39 is 0 Å². The Morgan fingerprint density at radius 3 is 2.73 bits per heavy atom. The molecule has 0 radical (unpaired) electrons. The summed E-state index contributed by atoms with van der Waals surface area (Å²) in [4.78, 5) is 0. The number of aliphatic hydroxyl groups is 1. The Morgan fingerprint density at radius 1 is 1.13 bits per heavy atom. The van der Waals surface area contributed by atoms with Crippen molar-refractivity contribution in [1.29, 1.82) is 0 Å². The van der Waals surface area contributed by atoms with Gasteiger partial charge in [0, 0.05) is 13.2 Å². The minimum Gasteiger partial charge on any atom is -0.396 e. The summed E-state index contributed by atoms with van der Waals surface area (Å²) in [7, 11) is 0. The molecule has 3 heteroatoms. The number of unbranched alkanes of at least 4 members (excludes halogenated alkanes) is 1. The van der Waals surface area contributed by atoms with Gasteiger partial charge in [-0.3, -0.25) is 0 Å². The highest BCUT2D eigenvalue weighted by Crippen LogP contribution is 2.16. The number of hydrogen-bond acceptors (Lipinski definition) is 3. The predicted molar refractivity (Wildman–Crippen MR) is 62.0 cm³/mol. The van der Waals surface area contributed by atoms with Gasteiger partial charge in [-0.1, -0.05) is 0 Å². The zero-order valence-electron chi connectivity index (χ0n) is 9.71. The maximum absolute atomic E-state index is 8.59. The lowest BCUT2D eigenvalue weighted by molar-refractivity contribution is 0.0102. The lowest BCUT2D eigenvalue weighted by Crippen LogP contribution is -2.22. The molecule has 0 amide bonds. The zero-order valence-corrected chi connectivity index (χ0v) is 9.71. The summed E-state index contributed by atoms with van der Waals surface area (Å²) in [5, 5.41) is 12.0. The van der Waals surface area contributed by atoms with Crippen LogP contribution < -0.4 is 5.32 Å². The molecule has 90 valence electrons. The molecule has 1 fully saturated rings. The summed E-state index contributed by atoms with van der Waals surface area (Å²) < 4.78 is 5.66. The normalized spacial score (nSPS) is 21.8. The van der Waals surface area contributed by atoms with E-state index in [1.54, 1.807) is 0 Å². The van der Waals surface area contributed by atoms with Crippen LogP contribution in [0.3, 0.4) is 0 Å². The van der Waals surface area contributed by atoms with Crippen LogP contribution in [0.15, 0.2) is 0 Å². The Kier molecular flexibility index (Phi) is 7.88. The highest BCUT2D eigenvalue weighted by molar-refractivity contribution is 4.64. The molecule has 1 heterocycles. The van der Waals surface area contributed by atoms with E-state index in [2.05, 4.69) is 5.32 Å². The zero-order chi connectivity index (χ0) is 10.8. The quantitative estimate of drug-likeness (QED) is 0.606. The smallest absolute Gasteiger partial charge is 0.0575 e. The number of aliphatic hydroxyl groups excluding tert-OH is 1. The average molecular weight is 215 g/mol. The van der Waals surface area contributed by atoms with E-state index in [1.807, 2.05) is 0 Å². The molecular formula is C12H25NO2. The van der Waals surface area contributed by atoms with Crippen LogP contribution in [0.25, 0.3) is 0 Å². The largest absolute Gasteiger partial charge is 0.396 e. The summed E-state index contributed by atoms with van der Waals surface area (Å²) in [5.74, 6) is 0. The SMILES string of the molecule is OCCCCNCCCC1CCCCO1. The minimum atomic E-state index is 0.317. The summed E-state index contributed by atoms with van der Waals surface area (Å²) in [5.41, 5.74) is 0. The van der Waals surface area contributed by atoms with Gasteiger partial charge in [0.1, 0.15) is 0 Å². The lowest BCUT2D eigenvalue weighted by Gasteiger charge is -2.22. The summed E-state index contributed by atoms with van der Waals surface area (Å²) in [6.45, 7) is 3.41. The van der Waals surface area contributed by atoms with Crippen molar-refractivity contribution in [3.05, 3.63) is 0 Å². The van der Waals surface area contributed by atoms with Crippen LogP contribution in [0.5, 0.6) is 0 Å². The molecule has 0 spiro atoms. The second kappa shape index (κ2) is 9.13. The van der Waals surface area contributed by atoms with E-state index in [0.717, 1.165) is 32.5 Å². The van der Waals surface area contributed by atoms with Crippen molar-refractivity contribution >= 4 is 0 Å². The van der Waals surface area contributed by atoms with Crippen molar-refractivity contribution in [1.82, 2.24) is 5.32 Å². The van der Waals surface area contributed by atoms with Crippen LogP contribution in [-0.2, 0) is 4.74 Å². The van der Waals surface area contributed by atoms with E-state index in [1.165, 1.54) is 32.1 Å². The number of ether oxygens (including phenoxy) is 1. The fourth-order valence-electron chi connectivity index (χ4n) is 1.98. The van der Waals surface area contributed by atoms with Crippen molar-refractivity contribution in [2.45, 2.75) is 51.0 Å². The Balaban J connectivity index is 1.79. The number of rotatable bonds is 8. The highest BCUT2D eigenvalue weighted by Gasteiger charge is 2.12. The van der Waals surface area contributed by atoms with Gasteiger partial charge in [-0.05, 0) is 58.0 Å². The predicted octanol–water partition coefficient (Wildman–Crippen LogP) is 1.70. The molecule has 1 aliphatic rings. The molecule has 0 aliphatic carbocycles. The molecule has 3 nitrogen and oxygen atoms in total. The summed E-state index contributed by atoms with van der Waals surface area (Å²) >= 11 is 0. The molecule has 15 heavy (non-hydrogen) atoms. The van der Waals surface area contributed by atoms with Gasteiger partial charge in [0.25, 0.3) is 0 Å². The molecule has 1 atom stereocenters. The first kappa shape index (κ1) is 12.9. The summed E-state index contributed by atoms with van der Waals surface area (Å²) in [6, 6.07) is 0. The fourth-order valence-corrected chi connectivity index (χ4v) is 1.98. The van der Waals surface area contributed by atoms with Crippen LogP contribution in [0.1, 0.15) is 44.9 Å². The Hall–Kier alpha value is -0.120. The Morgan fingerprint density at radius 2 is 2.00 bits per heavy atom. The van der Waals surface area contributed by atoms with Gasteiger partial charge in [-0.25, -0.2) is 0 Å². The molecule has 0 bridgehead atoms. The molecule has 2 N–H and O–H groups in total. The average Bonchev–Trinajstić information content (AvgIpc) is 2.29. The van der Waals surface area contributed by atoms with E-state index in [0.29, 0.717) is 12.7 Å². The third-order valence-electron chi connectivity index (χ3n) is 2.92. The van der Waals surface area contributed by atoms with Gasteiger partial charge in [0.2, 0.25) is 0 Å². The molecule has 0 aromatic rings. The van der Waals surface area contributed by atoms with Crippen molar-refractivity contribution in [3.63, 3.8) is 0 Å². The number of hydrogen-bond donors (Lipinski definition) is 2. The second-order valence-corrected chi connectivity index (χ2v) is 4.31. The molecule has 1 saturated heterocycles. The molecule has 0 aromatic heterocycles. The van der Waals surface area contributed by atoms with Crippen molar-refractivity contribution in [2.24, 2.45) is 0 Å². The third kappa shape index (κ3) is 6.88. The Bertz CT molecular complexity index is 136. The summed E-state index contributed by atoms with van der Waals surface area (Å²) in [6.07, 6.45) is 8.78. The van der Waals surface area contributed by atoms with Crippen LogP contribution >= 0.6 is 0 Å². The molecule has 0 aromatic carbocycles. The van der Waals surface area contributed by atoms with E-state index in [9.17, 15) is 0 Å².